The standard InChI is InChI=1S/C17H19N3O3S/c1-13(12-20-11-5-10-18-20)19-24(21,22)17-9-8-16(23-2)14-6-3-4-7-15(14)17/h3-11,13,19H,12H2,1-2H3. The second-order valence-corrected chi connectivity index (χ2v) is 7.24. The van der Waals surface area contributed by atoms with E-state index in [1.807, 2.05) is 25.1 Å². The van der Waals surface area contributed by atoms with Gasteiger partial charge < -0.3 is 4.74 Å². The fraction of sp³-hybridized carbons (Fsp3) is 0.235. The van der Waals surface area contributed by atoms with E-state index in [-0.39, 0.29) is 10.9 Å². The molecule has 1 aromatic heterocycles. The van der Waals surface area contributed by atoms with Gasteiger partial charge in [-0.3, -0.25) is 4.68 Å². The lowest BCUT2D eigenvalue weighted by Crippen LogP contribution is -2.35. The van der Waals surface area contributed by atoms with Crippen molar-refractivity contribution in [2.45, 2.75) is 24.4 Å². The van der Waals surface area contributed by atoms with Crippen molar-refractivity contribution in [3.8, 4) is 5.75 Å². The highest BCUT2D eigenvalue weighted by molar-refractivity contribution is 7.89. The maximum atomic E-state index is 12.8. The molecule has 0 bridgehead atoms. The number of hydrogen-bond donors (Lipinski definition) is 1. The number of nitrogens with zero attached hydrogens (tertiary/aromatic N) is 2. The van der Waals surface area contributed by atoms with Gasteiger partial charge in [-0.15, -0.1) is 0 Å². The molecule has 6 nitrogen and oxygen atoms in total. The number of hydrogen-bond acceptors (Lipinski definition) is 4. The predicted molar refractivity (Wildman–Crippen MR) is 92.5 cm³/mol. The monoisotopic (exact) mass is 345 g/mol. The van der Waals surface area contributed by atoms with Gasteiger partial charge in [-0.2, -0.15) is 5.10 Å². The largest absolute Gasteiger partial charge is 0.496 e. The van der Waals surface area contributed by atoms with Gasteiger partial charge in [-0.25, -0.2) is 13.1 Å². The lowest BCUT2D eigenvalue weighted by atomic mass is 10.1. The molecule has 0 saturated heterocycles. The second-order valence-electron chi connectivity index (χ2n) is 5.56. The first-order valence-electron chi connectivity index (χ1n) is 7.57. The number of rotatable bonds is 6. The zero-order valence-electron chi connectivity index (χ0n) is 13.5. The van der Waals surface area contributed by atoms with Crippen LogP contribution in [0.3, 0.4) is 0 Å². The Morgan fingerprint density at radius 2 is 1.92 bits per heavy atom. The number of ether oxygens (including phenoxy) is 1. The summed E-state index contributed by atoms with van der Waals surface area (Å²) in [5.41, 5.74) is 0. The zero-order chi connectivity index (χ0) is 17.2. The number of sulfonamides is 1. The molecule has 0 amide bonds. The van der Waals surface area contributed by atoms with Gasteiger partial charge in [0.05, 0.1) is 18.6 Å². The predicted octanol–water partition coefficient (Wildman–Crippen LogP) is 2.41. The molecule has 1 heterocycles. The minimum Gasteiger partial charge on any atom is -0.496 e. The fourth-order valence-electron chi connectivity index (χ4n) is 2.71. The molecule has 126 valence electrons. The van der Waals surface area contributed by atoms with Crippen LogP contribution in [0.1, 0.15) is 6.92 Å². The molecule has 0 fully saturated rings. The van der Waals surface area contributed by atoms with Crippen molar-refractivity contribution >= 4 is 20.8 Å². The number of fused-ring (bicyclic) bond motifs is 1. The van der Waals surface area contributed by atoms with Crippen LogP contribution in [-0.2, 0) is 16.6 Å². The van der Waals surface area contributed by atoms with Crippen LogP contribution in [0.4, 0.5) is 0 Å². The van der Waals surface area contributed by atoms with Gasteiger partial charge in [0.25, 0.3) is 0 Å². The molecule has 7 heteroatoms. The number of aromatic nitrogens is 2. The smallest absolute Gasteiger partial charge is 0.241 e. The van der Waals surface area contributed by atoms with Gasteiger partial charge in [0.15, 0.2) is 0 Å². The molecule has 0 aliphatic carbocycles. The topological polar surface area (TPSA) is 73.2 Å². The van der Waals surface area contributed by atoms with Crippen molar-refractivity contribution in [2.75, 3.05) is 7.11 Å². The molecule has 1 N–H and O–H groups in total. The summed E-state index contributed by atoms with van der Waals surface area (Å²) in [6, 6.07) is 12.1. The molecular weight excluding hydrogens is 326 g/mol. The molecule has 0 spiro atoms. The molecule has 0 aliphatic heterocycles. The third kappa shape index (κ3) is 3.27. The fourth-order valence-corrected chi connectivity index (χ4v) is 4.16. The summed E-state index contributed by atoms with van der Waals surface area (Å²) in [4.78, 5) is 0.242. The van der Waals surface area contributed by atoms with Gasteiger partial charge in [0.1, 0.15) is 5.75 Å². The summed E-state index contributed by atoms with van der Waals surface area (Å²) < 4.78 is 35.3. The van der Waals surface area contributed by atoms with Crippen LogP contribution in [0.15, 0.2) is 59.8 Å². The van der Waals surface area contributed by atoms with Crippen LogP contribution in [0, 0.1) is 0 Å². The molecule has 1 unspecified atom stereocenters. The zero-order valence-corrected chi connectivity index (χ0v) is 14.3. The normalized spacial score (nSPS) is 13.1. The molecule has 0 saturated carbocycles. The maximum Gasteiger partial charge on any atom is 0.241 e. The van der Waals surface area contributed by atoms with Crippen molar-refractivity contribution in [2.24, 2.45) is 0 Å². The summed E-state index contributed by atoms with van der Waals surface area (Å²) >= 11 is 0. The Kier molecular flexibility index (Phi) is 4.55. The van der Waals surface area contributed by atoms with E-state index in [9.17, 15) is 8.42 Å². The van der Waals surface area contributed by atoms with E-state index in [0.29, 0.717) is 17.7 Å². The SMILES string of the molecule is COc1ccc(S(=O)(=O)NC(C)Cn2cccn2)c2ccccc12. The van der Waals surface area contributed by atoms with Crippen LogP contribution in [-0.4, -0.2) is 31.3 Å². The number of nitrogens with one attached hydrogen (secondary N) is 1. The highest BCUT2D eigenvalue weighted by Gasteiger charge is 2.21. The Hall–Kier alpha value is -2.38. The van der Waals surface area contributed by atoms with Crippen LogP contribution in [0.5, 0.6) is 5.75 Å². The van der Waals surface area contributed by atoms with Crippen molar-refractivity contribution < 1.29 is 13.2 Å². The van der Waals surface area contributed by atoms with Gasteiger partial charge in [0.2, 0.25) is 10.0 Å². The highest BCUT2D eigenvalue weighted by atomic mass is 32.2. The Balaban J connectivity index is 1.94. The van der Waals surface area contributed by atoms with E-state index in [0.717, 1.165) is 5.39 Å². The Morgan fingerprint density at radius 1 is 1.17 bits per heavy atom. The van der Waals surface area contributed by atoms with E-state index in [1.54, 1.807) is 48.5 Å². The molecule has 3 aromatic rings. The summed E-state index contributed by atoms with van der Waals surface area (Å²) in [6.45, 7) is 2.27. The van der Waals surface area contributed by atoms with Crippen LogP contribution in [0.25, 0.3) is 10.8 Å². The molecule has 0 aliphatic rings. The van der Waals surface area contributed by atoms with Crippen molar-refractivity contribution in [1.29, 1.82) is 0 Å². The average molecular weight is 345 g/mol. The lowest BCUT2D eigenvalue weighted by Gasteiger charge is -2.16. The minimum atomic E-state index is -3.66. The molecular formula is C17H19N3O3S. The Morgan fingerprint density at radius 3 is 2.58 bits per heavy atom. The molecule has 2 aromatic carbocycles. The van der Waals surface area contributed by atoms with Crippen molar-refractivity contribution in [3.63, 3.8) is 0 Å². The van der Waals surface area contributed by atoms with E-state index in [1.165, 1.54) is 0 Å². The number of methoxy groups -OCH3 is 1. The first-order valence-corrected chi connectivity index (χ1v) is 9.05. The Bertz CT molecular complexity index is 937. The van der Waals surface area contributed by atoms with E-state index in [2.05, 4.69) is 9.82 Å². The van der Waals surface area contributed by atoms with Crippen LogP contribution >= 0.6 is 0 Å². The first kappa shape index (κ1) is 16.5. The van der Waals surface area contributed by atoms with Crippen molar-refractivity contribution in [3.05, 3.63) is 54.9 Å². The Labute approximate surface area is 141 Å². The molecule has 0 radical (unpaired) electrons. The second kappa shape index (κ2) is 6.62. The molecule has 24 heavy (non-hydrogen) atoms. The average Bonchev–Trinajstić information content (AvgIpc) is 3.05. The van der Waals surface area contributed by atoms with Gasteiger partial charge in [-0.05, 0) is 25.1 Å². The maximum absolute atomic E-state index is 12.8. The van der Waals surface area contributed by atoms with E-state index < -0.39 is 10.0 Å². The van der Waals surface area contributed by atoms with Gasteiger partial charge >= 0.3 is 0 Å². The highest BCUT2D eigenvalue weighted by Crippen LogP contribution is 2.30. The summed E-state index contributed by atoms with van der Waals surface area (Å²) in [5.74, 6) is 0.647. The van der Waals surface area contributed by atoms with Crippen molar-refractivity contribution in [1.82, 2.24) is 14.5 Å². The third-order valence-corrected chi connectivity index (χ3v) is 5.38. The lowest BCUT2D eigenvalue weighted by molar-refractivity contribution is 0.419. The van der Waals surface area contributed by atoms with Crippen LogP contribution < -0.4 is 9.46 Å². The summed E-state index contributed by atoms with van der Waals surface area (Å²) in [6.07, 6.45) is 3.46. The minimum absolute atomic E-state index is 0.242. The van der Waals surface area contributed by atoms with Gasteiger partial charge in [-0.1, -0.05) is 24.3 Å². The quantitative estimate of drug-likeness (QED) is 0.745. The molecule has 3 rings (SSSR count). The van der Waals surface area contributed by atoms with E-state index >= 15 is 0 Å². The van der Waals surface area contributed by atoms with E-state index in [4.69, 9.17) is 4.74 Å². The molecule has 1 atom stereocenters. The van der Waals surface area contributed by atoms with Crippen LogP contribution in [0.2, 0.25) is 0 Å². The summed E-state index contributed by atoms with van der Waals surface area (Å²) in [7, 11) is -2.09. The third-order valence-electron chi connectivity index (χ3n) is 3.73. The first-order chi connectivity index (χ1) is 11.5. The summed E-state index contributed by atoms with van der Waals surface area (Å²) in [5, 5.41) is 5.50. The van der Waals surface area contributed by atoms with Gasteiger partial charge in [0, 0.05) is 29.2 Å². The number of benzene rings is 2.